The van der Waals surface area contributed by atoms with Gasteiger partial charge in [0.05, 0.1) is 18.7 Å². The molecular weight excluding hydrogens is 318 g/mol. The van der Waals surface area contributed by atoms with Crippen molar-refractivity contribution in [2.45, 2.75) is 39.2 Å². The Hall–Kier alpha value is -0.740. The first kappa shape index (κ1) is 15.6. The van der Waals surface area contributed by atoms with Crippen LogP contribution in [0.2, 0.25) is 0 Å². The Morgan fingerprint density at radius 1 is 1.35 bits per heavy atom. The number of nitrogens with one attached hydrogen (secondary N) is 1. The third kappa shape index (κ3) is 2.96. The number of ether oxygens (including phenoxy) is 2. The molecule has 0 heterocycles. The molecule has 0 spiro atoms. The number of fused-ring (bicyclic) bond motifs is 1. The third-order valence-electron chi connectivity index (χ3n) is 4.09. The quantitative estimate of drug-likeness (QED) is 0.836. The number of halogens is 1. The van der Waals surface area contributed by atoms with Crippen LogP contribution in [0.3, 0.4) is 0 Å². The highest BCUT2D eigenvalue weighted by Crippen LogP contribution is 2.45. The van der Waals surface area contributed by atoms with E-state index in [9.17, 15) is 0 Å². The Bertz CT molecular complexity index is 476. The highest BCUT2D eigenvalue weighted by Gasteiger charge is 2.29. The van der Waals surface area contributed by atoms with Gasteiger partial charge in [-0.3, -0.25) is 0 Å². The lowest BCUT2D eigenvalue weighted by Crippen LogP contribution is -2.23. The molecule has 0 amide bonds. The zero-order valence-electron chi connectivity index (χ0n) is 12.8. The summed E-state index contributed by atoms with van der Waals surface area (Å²) in [6, 6.07) is 2.35. The predicted molar refractivity (Wildman–Crippen MR) is 85.8 cm³/mol. The van der Waals surface area contributed by atoms with Gasteiger partial charge in [0.25, 0.3) is 0 Å². The lowest BCUT2D eigenvalue weighted by molar-refractivity contribution is 0.375. The molecule has 1 aliphatic carbocycles. The van der Waals surface area contributed by atoms with Crippen LogP contribution in [0.5, 0.6) is 11.5 Å². The maximum absolute atomic E-state index is 5.67. The monoisotopic (exact) mass is 341 g/mol. The van der Waals surface area contributed by atoms with E-state index >= 15 is 0 Å². The molecule has 112 valence electrons. The van der Waals surface area contributed by atoms with E-state index in [2.05, 4.69) is 35.1 Å². The fraction of sp³-hybridized carbons (Fsp3) is 0.625. The smallest absolute Gasteiger partial charge is 0.138 e. The normalized spacial score (nSPS) is 22.1. The van der Waals surface area contributed by atoms with Gasteiger partial charge in [-0.2, -0.15) is 0 Å². The largest absolute Gasteiger partial charge is 0.496 e. The van der Waals surface area contributed by atoms with Gasteiger partial charge in [-0.15, -0.1) is 0 Å². The number of benzene rings is 1. The summed E-state index contributed by atoms with van der Waals surface area (Å²) in [6.07, 6.45) is 3.37. The Morgan fingerprint density at radius 2 is 2.10 bits per heavy atom. The first-order chi connectivity index (χ1) is 9.62. The molecule has 4 heteroatoms. The Morgan fingerprint density at radius 3 is 2.70 bits per heavy atom. The maximum Gasteiger partial charge on any atom is 0.138 e. The standard InChI is InChI=1S/C16H24BrNO2/c1-5-18-13-8-10(2)6-7-11-14(19-3)9-12(17)16(20-4)15(11)13/h9-10,13,18H,5-8H2,1-4H3. The van der Waals surface area contributed by atoms with Crippen LogP contribution in [0.1, 0.15) is 43.9 Å². The van der Waals surface area contributed by atoms with Crippen LogP contribution in [0.15, 0.2) is 10.5 Å². The summed E-state index contributed by atoms with van der Waals surface area (Å²) < 4.78 is 12.2. The van der Waals surface area contributed by atoms with E-state index in [1.807, 2.05) is 6.07 Å². The van der Waals surface area contributed by atoms with E-state index in [0.29, 0.717) is 12.0 Å². The van der Waals surface area contributed by atoms with Crippen molar-refractivity contribution in [3.05, 3.63) is 21.7 Å². The van der Waals surface area contributed by atoms with Gasteiger partial charge in [0, 0.05) is 17.2 Å². The SMILES string of the molecule is CCNC1CC(C)CCc2c(OC)cc(Br)c(OC)c21. The van der Waals surface area contributed by atoms with Crippen LogP contribution in [-0.4, -0.2) is 20.8 Å². The van der Waals surface area contributed by atoms with E-state index in [1.165, 1.54) is 17.5 Å². The lowest BCUT2D eigenvalue weighted by Gasteiger charge is -2.24. The summed E-state index contributed by atoms with van der Waals surface area (Å²) in [5.41, 5.74) is 2.56. The fourth-order valence-electron chi connectivity index (χ4n) is 3.14. The summed E-state index contributed by atoms with van der Waals surface area (Å²) in [4.78, 5) is 0. The number of hydrogen-bond donors (Lipinski definition) is 1. The molecule has 0 aromatic heterocycles. The van der Waals surface area contributed by atoms with Gasteiger partial charge >= 0.3 is 0 Å². The van der Waals surface area contributed by atoms with E-state index in [4.69, 9.17) is 9.47 Å². The van der Waals surface area contributed by atoms with Crippen LogP contribution in [0.4, 0.5) is 0 Å². The second kappa shape index (κ2) is 6.81. The van der Waals surface area contributed by atoms with Crippen molar-refractivity contribution in [2.75, 3.05) is 20.8 Å². The van der Waals surface area contributed by atoms with Gasteiger partial charge in [0.1, 0.15) is 11.5 Å². The van der Waals surface area contributed by atoms with Gasteiger partial charge in [-0.05, 0) is 53.7 Å². The van der Waals surface area contributed by atoms with Crippen molar-refractivity contribution in [1.29, 1.82) is 0 Å². The molecule has 0 aliphatic heterocycles. The summed E-state index contributed by atoms with van der Waals surface area (Å²) in [6.45, 7) is 5.43. The molecule has 3 nitrogen and oxygen atoms in total. The van der Waals surface area contributed by atoms with Crippen molar-refractivity contribution in [3.63, 3.8) is 0 Å². The predicted octanol–water partition coefficient (Wildman–Crippen LogP) is 4.09. The average molecular weight is 342 g/mol. The second-order valence-corrected chi connectivity index (χ2v) is 6.33. The van der Waals surface area contributed by atoms with Crippen LogP contribution in [-0.2, 0) is 6.42 Å². The summed E-state index contributed by atoms with van der Waals surface area (Å²) in [5.74, 6) is 2.60. The van der Waals surface area contributed by atoms with E-state index in [-0.39, 0.29) is 0 Å². The van der Waals surface area contributed by atoms with Crippen LogP contribution < -0.4 is 14.8 Å². The van der Waals surface area contributed by atoms with Gasteiger partial charge in [-0.1, -0.05) is 13.8 Å². The molecule has 1 aliphatic rings. The van der Waals surface area contributed by atoms with Gasteiger partial charge in [-0.25, -0.2) is 0 Å². The molecule has 20 heavy (non-hydrogen) atoms. The zero-order valence-corrected chi connectivity index (χ0v) is 14.3. The van der Waals surface area contributed by atoms with Gasteiger partial charge < -0.3 is 14.8 Å². The van der Waals surface area contributed by atoms with Crippen molar-refractivity contribution in [1.82, 2.24) is 5.32 Å². The minimum atomic E-state index is 0.328. The van der Waals surface area contributed by atoms with Crippen LogP contribution in [0.25, 0.3) is 0 Å². The Labute approximate surface area is 130 Å². The molecule has 1 N–H and O–H groups in total. The van der Waals surface area contributed by atoms with Crippen LogP contribution in [0, 0.1) is 5.92 Å². The third-order valence-corrected chi connectivity index (χ3v) is 4.68. The molecule has 0 saturated carbocycles. The first-order valence-corrected chi connectivity index (χ1v) is 8.08. The summed E-state index contributed by atoms with van der Waals surface area (Å²) >= 11 is 3.61. The van der Waals surface area contributed by atoms with Gasteiger partial charge in [0.2, 0.25) is 0 Å². The second-order valence-electron chi connectivity index (χ2n) is 5.48. The topological polar surface area (TPSA) is 30.5 Å². The maximum atomic E-state index is 5.67. The van der Waals surface area contributed by atoms with E-state index < -0.39 is 0 Å². The van der Waals surface area contributed by atoms with Crippen molar-refractivity contribution < 1.29 is 9.47 Å². The molecule has 2 unspecified atom stereocenters. The van der Waals surface area contributed by atoms with Crippen molar-refractivity contribution in [2.24, 2.45) is 5.92 Å². The van der Waals surface area contributed by atoms with E-state index in [0.717, 1.165) is 35.4 Å². The Balaban J connectivity index is 2.61. The Kier molecular flexibility index (Phi) is 5.33. The van der Waals surface area contributed by atoms with Crippen molar-refractivity contribution >= 4 is 15.9 Å². The first-order valence-electron chi connectivity index (χ1n) is 7.28. The molecule has 0 fully saturated rings. The lowest BCUT2D eigenvalue weighted by atomic mass is 9.95. The number of methoxy groups -OCH3 is 2. The molecule has 0 bridgehead atoms. The molecule has 0 saturated heterocycles. The highest BCUT2D eigenvalue weighted by atomic mass is 79.9. The summed E-state index contributed by atoms with van der Waals surface area (Å²) in [7, 11) is 3.48. The minimum Gasteiger partial charge on any atom is -0.496 e. The van der Waals surface area contributed by atoms with Crippen LogP contribution >= 0.6 is 15.9 Å². The number of hydrogen-bond acceptors (Lipinski definition) is 3. The molecule has 1 aromatic carbocycles. The fourth-order valence-corrected chi connectivity index (χ4v) is 3.73. The van der Waals surface area contributed by atoms with Gasteiger partial charge in [0.15, 0.2) is 0 Å². The molecular formula is C16H24BrNO2. The zero-order chi connectivity index (χ0) is 14.7. The molecule has 2 atom stereocenters. The van der Waals surface area contributed by atoms with Crippen molar-refractivity contribution in [3.8, 4) is 11.5 Å². The van der Waals surface area contributed by atoms with E-state index in [1.54, 1.807) is 14.2 Å². The molecule has 2 rings (SSSR count). The number of rotatable bonds is 4. The average Bonchev–Trinajstić information content (AvgIpc) is 2.59. The molecule has 0 radical (unpaired) electrons. The summed E-state index contributed by atoms with van der Waals surface area (Å²) in [5, 5.41) is 3.61. The minimum absolute atomic E-state index is 0.328. The molecule has 1 aromatic rings. The highest BCUT2D eigenvalue weighted by molar-refractivity contribution is 9.10.